The molecular formula is C14H14BrFN4O4. The number of halogens is 2. The lowest BCUT2D eigenvalue weighted by molar-refractivity contribution is 0.195. The third-order valence-corrected chi connectivity index (χ3v) is 3.78. The molecule has 0 atom stereocenters. The fraction of sp³-hybridized carbons (Fsp3) is 0.214. The number of ether oxygens (including phenoxy) is 1. The number of benzene rings is 1. The fourth-order valence-corrected chi connectivity index (χ4v) is 2.34. The fourth-order valence-electron chi connectivity index (χ4n) is 1.93. The summed E-state index contributed by atoms with van der Waals surface area (Å²) in [6, 6.07) is 5.06. The molecule has 0 unspecified atom stereocenters. The summed E-state index contributed by atoms with van der Waals surface area (Å²) in [5.41, 5.74) is 0.105. The van der Waals surface area contributed by atoms with Gasteiger partial charge in [0.05, 0.1) is 30.1 Å². The Labute approximate surface area is 144 Å². The monoisotopic (exact) mass is 400 g/mol. The van der Waals surface area contributed by atoms with Crippen LogP contribution in [0.4, 0.5) is 9.18 Å². The van der Waals surface area contributed by atoms with Gasteiger partial charge in [-0.05, 0) is 33.6 Å². The number of amides is 1. The average molecular weight is 401 g/mol. The average Bonchev–Trinajstić information content (AvgIpc) is 2.92. The molecule has 24 heavy (non-hydrogen) atoms. The number of hydrogen-bond acceptors (Lipinski definition) is 4. The minimum atomic E-state index is -1.28. The van der Waals surface area contributed by atoms with Crippen molar-refractivity contribution < 1.29 is 19.0 Å². The van der Waals surface area contributed by atoms with Crippen molar-refractivity contribution in [1.29, 1.82) is 0 Å². The first-order valence-corrected chi connectivity index (χ1v) is 7.49. The summed E-state index contributed by atoms with van der Waals surface area (Å²) in [7, 11) is 1.50. The van der Waals surface area contributed by atoms with Crippen molar-refractivity contribution in [2.24, 2.45) is 0 Å². The Morgan fingerprint density at radius 1 is 1.54 bits per heavy atom. The molecule has 0 bridgehead atoms. The maximum Gasteiger partial charge on any atom is 0.404 e. The number of carboxylic acid groups (broad SMARTS) is 1. The van der Waals surface area contributed by atoms with E-state index in [2.05, 4.69) is 21.0 Å². The van der Waals surface area contributed by atoms with Gasteiger partial charge in [-0.25, -0.2) is 23.2 Å². The molecule has 0 spiro atoms. The zero-order chi connectivity index (χ0) is 17.7. The molecule has 2 N–H and O–H groups in total. The molecule has 2 aromatic rings. The van der Waals surface area contributed by atoms with Crippen LogP contribution < -0.4 is 15.7 Å². The molecular weight excluding hydrogens is 387 g/mol. The summed E-state index contributed by atoms with van der Waals surface area (Å²) in [5, 5.41) is 14.5. The van der Waals surface area contributed by atoms with Gasteiger partial charge in [-0.2, -0.15) is 5.10 Å². The number of methoxy groups -OCH3 is 1. The Balaban J connectivity index is 2.25. The van der Waals surface area contributed by atoms with E-state index in [1.165, 1.54) is 18.0 Å². The van der Waals surface area contributed by atoms with Crippen LogP contribution in [-0.2, 0) is 6.54 Å². The topological polar surface area (TPSA) is 98.4 Å². The maximum absolute atomic E-state index is 12.8. The molecule has 8 nitrogen and oxygen atoms in total. The van der Waals surface area contributed by atoms with E-state index < -0.39 is 11.8 Å². The van der Waals surface area contributed by atoms with E-state index in [4.69, 9.17) is 9.84 Å². The van der Waals surface area contributed by atoms with Crippen molar-refractivity contribution in [1.82, 2.24) is 19.7 Å². The van der Waals surface area contributed by atoms with Gasteiger partial charge in [-0.3, -0.25) is 0 Å². The predicted octanol–water partition coefficient (Wildman–Crippen LogP) is 1.93. The van der Waals surface area contributed by atoms with Crippen LogP contribution >= 0.6 is 15.9 Å². The Bertz CT molecular complexity index is 830. The molecule has 1 aromatic carbocycles. The van der Waals surface area contributed by atoms with Gasteiger partial charge in [-0.15, -0.1) is 0 Å². The lowest BCUT2D eigenvalue weighted by atomic mass is 10.3. The number of nitrogens with one attached hydrogen (secondary N) is 1. The summed E-state index contributed by atoms with van der Waals surface area (Å²) in [6.45, 7) is -0.409. The van der Waals surface area contributed by atoms with Crippen LogP contribution in [0.5, 0.6) is 5.75 Å². The molecule has 128 valence electrons. The van der Waals surface area contributed by atoms with Gasteiger partial charge in [-0.1, -0.05) is 0 Å². The predicted molar refractivity (Wildman–Crippen MR) is 87.3 cm³/mol. The van der Waals surface area contributed by atoms with E-state index in [1.807, 2.05) is 5.32 Å². The lowest BCUT2D eigenvalue weighted by Crippen LogP contribution is -2.29. The SMILES string of the molecule is COc1cc(-n2cnn(C/C(=C/F)CNC(=O)O)c2=O)ccc1Br. The van der Waals surface area contributed by atoms with Crippen LogP contribution in [0.2, 0.25) is 0 Å². The van der Waals surface area contributed by atoms with Crippen molar-refractivity contribution in [2.75, 3.05) is 13.7 Å². The zero-order valence-corrected chi connectivity index (χ0v) is 14.2. The highest BCUT2D eigenvalue weighted by molar-refractivity contribution is 9.10. The van der Waals surface area contributed by atoms with Gasteiger partial charge in [0.15, 0.2) is 0 Å². The van der Waals surface area contributed by atoms with Crippen LogP contribution in [0.15, 0.2) is 45.7 Å². The zero-order valence-electron chi connectivity index (χ0n) is 12.6. The summed E-state index contributed by atoms with van der Waals surface area (Å²) in [6.07, 6.45) is 0.268. The van der Waals surface area contributed by atoms with E-state index in [-0.39, 0.29) is 25.0 Å². The number of aromatic nitrogens is 3. The Morgan fingerprint density at radius 3 is 2.92 bits per heavy atom. The Morgan fingerprint density at radius 2 is 2.29 bits per heavy atom. The summed E-state index contributed by atoms with van der Waals surface area (Å²) in [5.74, 6) is 0.544. The molecule has 0 saturated heterocycles. The molecule has 0 aliphatic carbocycles. The highest BCUT2D eigenvalue weighted by Gasteiger charge is 2.11. The van der Waals surface area contributed by atoms with Crippen LogP contribution in [0, 0.1) is 0 Å². The number of rotatable bonds is 6. The minimum absolute atomic E-state index is 0.0677. The Hall–Kier alpha value is -2.62. The third kappa shape index (κ3) is 4.02. The third-order valence-electron chi connectivity index (χ3n) is 3.12. The van der Waals surface area contributed by atoms with Gasteiger partial charge in [0.25, 0.3) is 0 Å². The quantitative estimate of drug-likeness (QED) is 0.771. The Kier molecular flexibility index (Phi) is 5.74. The number of nitrogens with zero attached hydrogens (tertiary/aromatic N) is 3. The van der Waals surface area contributed by atoms with E-state index in [0.717, 1.165) is 9.15 Å². The first kappa shape index (κ1) is 17.7. The van der Waals surface area contributed by atoms with Crippen molar-refractivity contribution >= 4 is 22.0 Å². The second-order valence-electron chi connectivity index (χ2n) is 4.69. The molecule has 1 amide bonds. The van der Waals surface area contributed by atoms with Crippen LogP contribution in [0.3, 0.4) is 0 Å². The highest BCUT2D eigenvalue weighted by Crippen LogP contribution is 2.26. The van der Waals surface area contributed by atoms with Crippen molar-refractivity contribution in [2.45, 2.75) is 6.54 Å². The molecule has 0 aliphatic rings. The number of carbonyl (C=O) groups is 1. The van der Waals surface area contributed by atoms with Gasteiger partial charge < -0.3 is 15.2 Å². The second-order valence-corrected chi connectivity index (χ2v) is 5.54. The van der Waals surface area contributed by atoms with Crippen molar-refractivity contribution in [3.8, 4) is 11.4 Å². The summed E-state index contributed by atoms with van der Waals surface area (Å²) < 4.78 is 21.0. The lowest BCUT2D eigenvalue weighted by Gasteiger charge is -2.07. The molecule has 0 radical (unpaired) electrons. The van der Waals surface area contributed by atoms with Crippen LogP contribution in [0.1, 0.15) is 0 Å². The van der Waals surface area contributed by atoms with Crippen LogP contribution in [0.25, 0.3) is 5.69 Å². The second kappa shape index (κ2) is 7.77. The van der Waals surface area contributed by atoms with Crippen LogP contribution in [-0.4, -0.2) is 39.2 Å². The minimum Gasteiger partial charge on any atom is -0.495 e. The van der Waals surface area contributed by atoms with Gasteiger partial charge in [0, 0.05) is 12.6 Å². The first-order valence-electron chi connectivity index (χ1n) is 6.69. The molecule has 10 heteroatoms. The summed E-state index contributed by atoms with van der Waals surface area (Å²) >= 11 is 3.32. The standard InChI is InChI=1S/C14H14BrFN4O4/c1-24-12-4-10(2-3-11(12)15)19-8-18-20(14(19)23)7-9(5-16)6-17-13(21)22/h2-5,8,17H,6-7H2,1H3,(H,21,22)/b9-5+. The van der Waals surface area contributed by atoms with E-state index >= 15 is 0 Å². The molecule has 0 fully saturated rings. The largest absolute Gasteiger partial charge is 0.495 e. The number of hydrogen-bond donors (Lipinski definition) is 2. The summed E-state index contributed by atoms with van der Waals surface area (Å²) in [4.78, 5) is 22.8. The van der Waals surface area contributed by atoms with E-state index in [9.17, 15) is 14.0 Å². The molecule has 0 saturated carbocycles. The first-order chi connectivity index (χ1) is 11.5. The molecule has 2 rings (SSSR count). The normalized spacial score (nSPS) is 11.4. The van der Waals surface area contributed by atoms with Crippen molar-refractivity contribution in [3.63, 3.8) is 0 Å². The van der Waals surface area contributed by atoms with Gasteiger partial charge >= 0.3 is 11.8 Å². The van der Waals surface area contributed by atoms with E-state index in [1.54, 1.807) is 18.2 Å². The van der Waals surface area contributed by atoms with Crippen molar-refractivity contribution in [3.05, 3.63) is 51.4 Å². The van der Waals surface area contributed by atoms with E-state index in [0.29, 0.717) is 11.4 Å². The van der Waals surface area contributed by atoms with Gasteiger partial charge in [0.1, 0.15) is 12.1 Å². The maximum atomic E-state index is 12.8. The molecule has 1 aromatic heterocycles. The molecule has 0 aliphatic heterocycles. The van der Waals surface area contributed by atoms with Gasteiger partial charge in [0.2, 0.25) is 0 Å². The highest BCUT2D eigenvalue weighted by atomic mass is 79.9. The smallest absolute Gasteiger partial charge is 0.404 e. The molecule has 1 heterocycles.